The van der Waals surface area contributed by atoms with Crippen LogP contribution in [0.2, 0.25) is 0 Å². The summed E-state index contributed by atoms with van der Waals surface area (Å²) in [6.45, 7) is 8.59. The summed E-state index contributed by atoms with van der Waals surface area (Å²) in [5.41, 5.74) is 8.07. The fourth-order valence-electron chi connectivity index (χ4n) is 1.83. The third-order valence-electron chi connectivity index (χ3n) is 2.52. The minimum absolute atomic E-state index is 0.603. The first kappa shape index (κ1) is 12.0. The highest BCUT2D eigenvalue weighted by Crippen LogP contribution is 2.25. The van der Waals surface area contributed by atoms with Crippen molar-refractivity contribution in [1.29, 1.82) is 0 Å². The molecular weight excluding hydrogens is 190 g/mol. The Kier molecular flexibility index (Phi) is 4.55. The average Bonchev–Trinajstić information content (AvgIpc) is 2.28. The molecule has 0 amide bonds. The molecule has 5 heteroatoms. The Balaban J connectivity index is 2.92. The molecule has 0 saturated heterocycles. The molecule has 0 saturated carbocycles. The lowest BCUT2D eigenvalue weighted by Gasteiger charge is -2.31. The van der Waals surface area contributed by atoms with Crippen molar-refractivity contribution in [3.63, 3.8) is 0 Å². The Morgan fingerprint density at radius 3 is 2.00 bits per heavy atom. The summed E-state index contributed by atoms with van der Waals surface area (Å²) >= 11 is 0. The molecule has 0 spiro atoms. The van der Waals surface area contributed by atoms with Crippen molar-refractivity contribution in [2.75, 3.05) is 19.6 Å². The Hall–Kier alpha value is -1.10. The van der Waals surface area contributed by atoms with Gasteiger partial charge in [0.15, 0.2) is 0 Å². The molecule has 1 heterocycles. The molecule has 1 aliphatic heterocycles. The molecule has 86 valence electrons. The topological polar surface area (TPSA) is 57.2 Å². The zero-order valence-electron chi connectivity index (χ0n) is 9.90. The molecule has 0 aliphatic carbocycles. The lowest BCUT2D eigenvalue weighted by Crippen LogP contribution is -2.32. The first-order valence-electron chi connectivity index (χ1n) is 5.67. The van der Waals surface area contributed by atoms with Crippen molar-refractivity contribution in [2.24, 2.45) is 16.2 Å². The fourth-order valence-corrected chi connectivity index (χ4v) is 1.83. The molecule has 0 aromatic carbocycles. The number of hydrogen-bond acceptors (Lipinski definition) is 5. The SMILES string of the molecule is CCC1=C(CC)N(CCN)N=NN1CC. The maximum Gasteiger partial charge on any atom is 0.0594 e. The standard InChI is InChI=1S/C10H21N5/c1-4-9-10(5-2)15(8-7-11)13-12-14(9)6-3/h4-8,11H2,1-3H3. The van der Waals surface area contributed by atoms with E-state index >= 15 is 0 Å². The van der Waals surface area contributed by atoms with Gasteiger partial charge in [0.05, 0.1) is 17.9 Å². The molecule has 0 bridgehead atoms. The number of nitrogens with two attached hydrogens (primary N) is 1. The van der Waals surface area contributed by atoms with Crippen molar-refractivity contribution < 1.29 is 0 Å². The van der Waals surface area contributed by atoms with Gasteiger partial charge in [0.2, 0.25) is 0 Å². The fraction of sp³-hybridized carbons (Fsp3) is 0.800. The molecular formula is C10H21N5. The van der Waals surface area contributed by atoms with Gasteiger partial charge in [-0.25, -0.2) is 10.0 Å². The first-order valence-corrected chi connectivity index (χ1v) is 5.67. The van der Waals surface area contributed by atoms with E-state index in [1.165, 1.54) is 11.4 Å². The third kappa shape index (κ3) is 2.47. The Morgan fingerprint density at radius 2 is 1.53 bits per heavy atom. The summed E-state index contributed by atoms with van der Waals surface area (Å²) in [6.07, 6.45) is 1.95. The highest BCUT2D eigenvalue weighted by molar-refractivity contribution is 5.12. The van der Waals surface area contributed by atoms with Crippen LogP contribution in [0.3, 0.4) is 0 Å². The average molecular weight is 211 g/mol. The van der Waals surface area contributed by atoms with Crippen LogP contribution >= 0.6 is 0 Å². The third-order valence-corrected chi connectivity index (χ3v) is 2.52. The maximum absolute atomic E-state index is 5.55. The van der Waals surface area contributed by atoms with Gasteiger partial charge >= 0.3 is 0 Å². The minimum Gasteiger partial charge on any atom is -0.329 e. The van der Waals surface area contributed by atoms with Gasteiger partial charge < -0.3 is 5.73 Å². The molecule has 0 fully saturated rings. The number of allylic oxidation sites excluding steroid dienone is 2. The summed E-state index contributed by atoms with van der Waals surface area (Å²) in [5, 5.41) is 12.2. The summed E-state index contributed by atoms with van der Waals surface area (Å²) in [5.74, 6) is 0. The zero-order chi connectivity index (χ0) is 11.3. The van der Waals surface area contributed by atoms with E-state index in [0.717, 1.165) is 25.9 Å². The Morgan fingerprint density at radius 1 is 1.00 bits per heavy atom. The normalized spacial score (nSPS) is 16.5. The van der Waals surface area contributed by atoms with E-state index in [0.29, 0.717) is 6.54 Å². The highest BCUT2D eigenvalue weighted by Gasteiger charge is 2.20. The smallest absolute Gasteiger partial charge is 0.0594 e. The molecule has 2 N–H and O–H groups in total. The molecule has 0 unspecified atom stereocenters. The van der Waals surface area contributed by atoms with Gasteiger partial charge in [0, 0.05) is 13.1 Å². The van der Waals surface area contributed by atoms with Crippen LogP contribution < -0.4 is 5.73 Å². The molecule has 15 heavy (non-hydrogen) atoms. The van der Waals surface area contributed by atoms with E-state index < -0.39 is 0 Å². The van der Waals surface area contributed by atoms with Gasteiger partial charge in [0.25, 0.3) is 0 Å². The number of hydrogen-bond donors (Lipinski definition) is 1. The van der Waals surface area contributed by atoms with Gasteiger partial charge in [-0.05, 0) is 30.2 Å². The van der Waals surface area contributed by atoms with Crippen LogP contribution in [0, 0.1) is 0 Å². The lowest BCUT2D eigenvalue weighted by atomic mass is 10.2. The summed E-state index contributed by atoms with van der Waals surface area (Å²) in [6, 6.07) is 0. The lowest BCUT2D eigenvalue weighted by molar-refractivity contribution is 0.211. The van der Waals surface area contributed by atoms with Crippen LogP contribution in [-0.2, 0) is 0 Å². The summed E-state index contributed by atoms with van der Waals surface area (Å²) in [7, 11) is 0. The predicted molar refractivity (Wildman–Crippen MR) is 60.6 cm³/mol. The van der Waals surface area contributed by atoms with Gasteiger partial charge in [-0.15, -0.1) is 0 Å². The Labute approximate surface area is 91.6 Å². The van der Waals surface area contributed by atoms with E-state index in [1.54, 1.807) is 0 Å². The summed E-state index contributed by atoms with van der Waals surface area (Å²) in [4.78, 5) is 0. The van der Waals surface area contributed by atoms with Crippen molar-refractivity contribution in [3.05, 3.63) is 11.4 Å². The van der Waals surface area contributed by atoms with Crippen LogP contribution in [0.25, 0.3) is 0 Å². The second-order valence-electron chi connectivity index (χ2n) is 3.41. The second kappa shape index (κ2) is 5.70. The highest BCUT2D eigenvalue weighted by atomic mass is 15.7. The van der Waals surface area contributed by atoms with Crippen LogP contribution in [0.1, 0.15) is 33.6 Å². The van der Waals surface area contributed by atoms with E-state index in [2.05, 4.69) is 31.2 Å². The molecule has 0 radical (unpaired) electrons. The van der Waals surface area contributed by atoms with Crippen LogP contribution in [-0.4, -0.2) is 29.7 Å². The van der Waals surface area contributed by atoms with Crippen molar-refractivity contribution in [1.82, 2.24) is 10.0 Å². The van der Waals surface area contributed by atoms with E-state index in [9.17, 15) is 0 Å². The molecule has 0 aromatic heterocycles. The van der Waals surface area contributed by atoms with Crippen LogP contribution in [0.4, 0.5) is 0 Å². The second-order valence-corrected chi connectivity index (χ2v) is 3.41. The van der Waals surface area contributed by atoms with E-state index in [-0.39, 0.29) is 0 Å². The Bertz CT molecular complexity index is 259. The van der Waals surface area contributed by atoms with Crippen molar-refractivity contribution in [3.8, 4) is 0 Å². The molecule has 1 aliphatic rings. The predicted octanol–water partition coefficient (Wildman–Crippen LogP) is 1.90. The van der Waals surface area contributed by atoms with Crippen LogP contribution in [0.5, 0.6) is 0 Å². The number of nitrogens with zero attached hydrogens (tertiary/aromatic N) is 4. The number of rotatable bonds is 5. The summed E-state index contributed by atoms with van der Waals surface area (Å²) < 4.78 is 0. The molecule has 5 nitrogen and oxygen atoms in total. The minimum atomic E-state index is 0.603. The molecule has 0 aromatic rings. The van der Waals surface area contributed by atoms with Gasteiger partial charge in [0.1, 0.15) is 0 Å². The van der Waals surface area contributed by atoms with Gasteiger partial charge in [-0.2, -0.15) is 0 Å². The van der Waals surface area contributed by atoms with Crippen LogP contribution in [0.15, 0.2) is 21.8 Å². The van der Waals surface area contributed by atoms with E-state index in [1.807, 2.05) is 10.0 Å². The van der Waals surface area contributed by atoms with Gasteiger partial charge in [-0.3, -0.25) is 0 Å². The van der Waals surface area contributed by atoms with Crippen molar-refractivity contribution in [2.45, 2.75) is 33.6 Å². The van der Waals surface area contributed by atoms with Crippen molar-refractivity contribution >= 4 is 0 Å². The largest absolute Gasteiger partial charge is 0.329 e. The quantitative estimate of drug-likeness (QED) is 0.755. The monoisotopic (exact) mass is 211 g/mol. The molecule has 0 atom stereocenters. The van der Waals surface area contributed by atoms with E-state index in [4.69, 9.17) is 5.73 Å². The first-order chi connectivity index (χ1) is 7.28. The zero-order valence-corrected chi connectivity index (χ0v) is 9.90. The maximum atomic E-state index is 5.55. The molecule has 1 rings (SSSR count). The van der Waals surface area contributed by atoms with Gasteiger partial charge in [-0.1, -0.05) is 13.8 Å².